The number of anilines is 2. The third kappa shape index (κ3) is 2.10. The fourth-order valence-corrected chi connectivity index (χ4v) is 1.35. The number of aryl methyl sites for hydroxylation is 2. The lowest BCUT2D eigenvalue weighted by Gasteiger charge is -2.07. The molecule has 0 unspecified atom stereocenters. The normalized spacial score (nSPS) is 10.4. The van der Waals surface area contributed by atoms with Crippen LogP contribution in [0.25, 0.3) is 0 Å². The third-order valence-electron chi connectivity index (χ3n) is 2.27. The lowest BCUT2D eigenvalue weighted by molar-refractivity contribution is 1.02. The van der Waals surface area contributed by atoms with E-state index in [-0.39, 0.29) is 0 Å². The summed E-state index contributed by atoms with van der Waals surface area (Å²) in [6.45, 7) is 4.40. The first kappa shape index (κ1) is 10.4. The van der Waals surface area contributed by atoms with Crippen molar-refractivity contribution in [2.45, 2.75) is 20.4 Å². The molecule has 0 aromatic carbocycles. The lowest BCUT2D eigenvalue weighted by Crippen LogP contribution is -2.06. The molecule has 0 atom stereocenters. The number of rotatable bonds is 3. The summed E-state index contributed by atoms with van der Waals surface area (Å²) in [4.78, 5) is 8.58. The van der Waals surface area contributed by atoms with E-state index in [1.165, 1.54) is 0 Å². The molecule has 6 nitrogen and oxygen atoms in total. The SMILES string of the molecule is Cc1cnc(C)c(NCc2cn[nH]c2N)n1. The summed E-state index contributed by atoms with van der Waals surface area (Å²) in [7, 11) is 0. The Balaban J connectivity index is 2.10. The summed E-state index contributed by atoms with van der Waals surface area (Å²) in [6, 6.07) is 0. The van der Waals surface area contributed by atoms with Gasteiger partial charge in [-0.15, -0.1) is 0 Å². The standard InChI is InChI=1S/C10H14N6/c1-6-3-12-7(2)10(15-6)13-4-8-5-14-16-9(8)11/h3,5H,4H2,1-2H3,(H,13,15)(H3,11,14,16). The lowest BCUT2D eigenvalue weighted by atomic mass is 10.3. The molecule has 6 heteroatoms. The van der Waals surface area contributed by atoms with Crippen LogP contribution in [0.5, 0.6) is 0 Å². The molecule has 84 valence electrons. The van der Waals surface area contributed by atoms with Gasteiger partial charge < -0.3 is 11.1 Å². The minimum atomic E-state index is 0.575. The second kappa shape index (κ2) is 4.18. The van der Waals surface area contributed by atoms with Crippen molar-refractivity contribution in [1.29, 1.82) is 0 Å². The van der Waals surface area contributed by atoms with E-state index in [1.807, 2.05) is 13.8 Å². The van der Waals surface area contributed by atoms with Gasteiger partial charge in [0.2, 0.25) is 0 Å². The minimum Gasteiger partial charge on any atom is -0.384 e. The first-order valence-electron chi connectivity index (χ1n) is 4.98. The molecule has 2 aromatic rings. The molecule has 0 aliphatic rings. The Morgan fingerprint density at radius 2 is 2.19 bits per heavy atom. The van der Waals surface area contributed by atoms with Gasteiger partial charge in [0, 0.05) is 18.3 Å². The molecule has 0 fully saturated rings. The fraction of sp³-hybridized carbons (Fsp3) is 0.300. The summed E-state index contributed by atoms with van der Waals surface area (Å²) in [5.41, 5.74) is 8.35. The third-order valence-corrected chi connectivity index (χ3v) is 2.27. The summed E-state index contributed by atoms with van der Waals surface area (Å²) in [6.07, 6.45) is 3.44. The van der Waals surface area contributed by atoms with Crippen molar-refractivity contribution < 1.29 is 0 Å². The van der Waals surface area contributed by atoms with E-state index in [0.29, 0.717) is 12.4 Å². The van der Waals surface area contributed by atoms with Crippen molar-refractivity contribution in [2.24, 2.45) is 0 Å². The van der Waals surface area contributed by atoms with Crippen molar-refractivity contribution in [1.82, 2.24) is 20.2 Å². The fourth-order valence-electron chi connectivity index (χ4n) is 1.35. The number of aromatic amines is 1. The summed E-state index contributed by atoms with van der Waals surface area (Å²) in [5.74, 6) is 1.35. The predicted octanol–water partition coefficient (Wildman–Crippen LogP) is 1.01. The van der Waals surface area contributed by atoms with E-state index in [1.54, 1.807) is 12.4 Å². The van der Waals surface area contributed by atoms with Crippen molar-refractivity contribution in [3.8, 4) is 0 Å². The van der Waals surface area contributed by atoms with Crippen molar-refractivity contribution >= 4 is 11.6 Å². The summed E-state index contributed by atoms with van der Waals surface area (Å²) < 4.78 is 0. The molecule has 0 amide bonds. The maximum Gasteiger partial charge on any atom is 0.148 e. The predicted molar refractivity (Wildman–Crippen MR) is 61.8 cm³/mol. The number of nitrogens with zero attached hydrogens (tertiary/aromatic N) is 3. The van der Waals surface area contributed by atoms with Gasteiger partial charge in [-0.3, -0.25) is 10.1 Å². The molecule has 0 saturated heterocycles. The van der Waals surface area contributed by atoms with Gasteiger partial charge in [-0.05, 0) is 13.8 Å². The Hall–Kier alpha value is -2.11. The van der Waals surface area contributed by atoms with Gasteiger partial charge in [0.25, 0.3) is 0 Å². The highest BCUT2D eigenvalue weighted by molar-refractivity contribution is 5.44. The number of nitrogens with two attached hydrogens (primary N) is 1. The average Bonchev–Trinajstić information content (AvgIpc) is 2.66. The van der Waals surface area contributed by atoms with Crippen LogP contribution < -0.4 is 11.1 Å². The van der Waals surface area contributed by atoms with Crippen molar-refractivity contribution in [2.75, 3.05) is 11.1 Å². The number of nitrogen functional groups attached to an aromatic ring is 1. The second-order valence-corrected chi connectivity index (χ2v) is 3.61. The highest BCUT2D eigenvalue weighted by Gasteiger charge is 2.04. The topological polar surface area (TPSA) is 92.5 Å². The number of aromatic nitrogens is 4. The van der Waals surface area contributed by atoms with Gasteiger partial charge in [0.05, 0.1) is 17.6 Å². The van der Waals surface area contributed by atoms with E-state index < -0.39 is 0 Å². The molecule has 0 radical (unpaired) electrons. The smallest absolute Gasteiger partial charge is 0.148 e. The van der Waals surface area contributed by atoms with Crippen LogP contribution in [0.15, 0.2) is 12.4 Å². The summed E-state index contributed by atoms with van der Waals surface area (Å²) >= 11 is 0. The Bertz CT molecular complexity index is 490. The first-order chi connectivity index (χ1) is 7.66. The molecular formula is C10H14N6. The van der Waals surface area contributed by atoms with Crippen LogP contribution in [0, 0.1) is 13.8 Å². The number of nitrogens with one attached hydrogen (secondary N) is 2. The van der Waals surface area contributed by atoms with E-state index in [0.717, 1.165) is 22.8 Å². The highest BCUT2D eigenvalue weighted by atomic mass is 15.1. The summed E-state index contributed by atoms with van der Waals surface area (Å²) in [5, 5.41) is 9.71. The largest absolute Gasteiger partial charge is 0.384 e. The molecule has 2 rings (SSSR count). The molecular weight excluding hydrogens is 204 g/mol. The molecule has 0 bridgehead atoms. The van der Waals surface area contributed by atoms with E-state index in [4.69, 9.17) is 5.73 Å². The molecule has 0 spiro atoms. The first-order valence-corrected chi connectivity index (χ1v) is 4.98. The van der Waals surface area contributed by atoms with Crippen LogP contribution in [0.3, 0.4) is 0 Å². The zero-order chi connectivity index (χ0) is 11.5. The molecule has 16 heavy (non-hydrogen) atoms. The minimum absolute atomic E-state index is 0.575. The average molecular weight is 218 g/mol. The van der Waals surface area contributed by atoms with Crippen LogP contribution in [-0.2, 0) is 6.54 Å². The maximum absolute atomic E-state index is 5.68. The monoisotopic (exact) mass is 218 g/mol. The van der Waals surface area contributed by atoms with E-state index in [9.17, 15) is 0 Å². The van der Waals surface area contributed by atoms with Gasteiger partial charge in [-0.2, -0.15) is 5.10 Å². The van der Waals surface area contributed by atoms with Crippen molar-refractivity contribution in [3.05, 3.63) is 29.3 Å². The molecule has 2 aromatic heterocycles. The highest BCUT2D eigenvalue weighted by Crippen LogP contribution is 2.12. The second-order valence-electron chi connectivity index (χ2n) is 3.61. The van der Waals surface area contributed by atoms with Crippen LogP contribution in [0.2, 0.25) is 0 Å². The molecule has 0 saturated carbocycles. The van der Waals surface area contributed by atoms with Gasteiger partial charge in [0.1, 0.15) is 11.6 Å². The van der Waals surface area contributed by atoms with Gasteiger partial charge in [-0.1, -0.05) is 0 Å². The van der Waals surface area contributed by atoms with Crippen LogP contribution in [0.4, 0.5) is 11.6 Å². The van der Waals surface area contributed by atoms with Crippen LogP contribution in [0.1, 0.15) is 17.0 Å². The number of hydrogen-bond donors (Lipinski definition) is 3. The molecule has 0 aliphatic carbocycles. The van der Waals surface area contributed by atoms with Crippen LogP contribution in [-0.4, -0.2) is 20.2 Å². The Kier molecular flexibility index (Phi) is 2.72. The van der Waals surface area contributed by atoms with E-state index in [2.05, 4.69) is 25.5 Å². The zero-order valence-corrected chi connectivity index (χ0v) is 9.28. The van der Waals surface area contributed by atoms with Gasteiger partial charge >= 0.3 is 0 Å². The molecule has 0 aliphatic heterocycles. The Labute approximate surface area is 93.3 Å². The maximum atomic E-state index is 5.68. The zero-order valence-electron chi connectivity index (χ0n) is 9.28. The molecule has 2 heterocycles. The van der Waals surface area contributed by atoms with Crippen molar-refractivity contribution in [3.63, 3.8) is 0 Å². The van der Waals surface area contributed by atoms with E-state index >= 15 is 0 Å². The quantitative estimate of drug-likeness (QED) is 0.715. The van der Waals surface area contributed by atoms with Crippen LogP contribution >= 0.6 is 0 Å². The number of hydrogen-bond acceptors (Lipinski definition) is 5. The van der Waals surface area contributed by atoms with Gasteiger partial charge in [0.15, 0.2) is 0 Å². The number of H-pyrrole nitrogens is 1. The Morgan fingerprint density at radius 1 is 1.38 bits per heavy atom. The Morgan fingerprint density at radius 3 is 2.88 bits per heavy atom. The molecule has 4 N–H and O–H groups in total. The van der Waals surface area contributed by atoms with Gasteiger partial charge in [-0.25, -0.2) is 4.98 Å².